The minimum absolute atomic E-state index is 0.237. The number of piperidine rings is 2. The van der Waals surface area contributed by atoms with Gasteiger partial charge in [-0.3, -0.25) is 0 Å². The van der Waals surface area contributed by atoms with E-state index in [0.29, 0.717) is 11.3 Å². The molecule has 3 heterocycles. The van der Waals surface area contributed by atoms with Crippen LogP contribution in [-0.4, -0.2) is 74.6 Å². The molecule has 1 spiro atoms. The number of likely N-dealkylation sites (tertiary alicyclic amines) is 1. The fourth-order valence-electron chi connectivity index (χ4n) is 5.42. The van der Waals surface area contributed by atoms with Crippen molar-refractivity contribution in [3.8, 4) is 11.5 Å². The van der Waals surface area contributed by atoms with Crippen LogP contribution in [-0.2, 0) is 15.1 Å². The summed E-state index contributed by atoms with van der Waals surface area (Å²) >= 11 is 0. The van der Waals surface area contributed by atoms with Crippen molar-refractivity contribution in [2.75, 3.05) is 51.3 Å². The summed E-state index contributed by atoms with van der Waals surface area (Å²) < 4.78 is 48.9. The lowest BCUT2D eigenvalue weighted by Gasteiger charge is -2.39. The molecular weight excluding hydrogens is 529 g/mol. The van der Waals surface area contributed by atoms with Crippen molar-refractivity contribution in [2.24, 2.45) is 0 Å². The molecule has 0 atom stereocenters. The Morgan fingerprint density at radius 2 is 1.62 bits per heavy atom. The van der Waals surface area contributed by atoms with Gasteiger partial charge in [-0.2, -0.15) is 13.2 Å². The van der Waals surface area contributed by atoms with E-state index in [-0.39, 0.29) is 5.97 Å². The van der Waals surface area contributed by atoms with Crippen LogP contribution in [0.15, 0.2) is 42.5 Å². The van der Waals surface area contributed by atoms with Crippen LogP contribution in [0.4, 0.5) is 18.9 Å². The summed E-state index contributed by atoms with van der Waals surface area (Å²) in [6, 6.07) is 14.1. The van der Waals surface area contributed by atoms with Gasteiger partial charge in [0.15, 0.2) is 0 Å². The third-order valence-corrected chi connectivity index (χ3v) is 7.58. The van der Waals surface area contributed by atoms with Crippen LogP contribution in [0.25, 0.3) is 0 Å². The number of halogens is 3. The maximum Gasteiger partial charge on any atom is 0.490 e. The topological polar surface area (TPSA) is 88.5 Å². The molecule has 3 aliphatic heterocycles. The van der Waals surface area contributed by atoms with Gasteiger partial charge in [0.1, 0.15) is 17.1 Å². The Morgan fingerprint density at radius 3 is 2.23 bits per heavy atom. The predicted molar refractivity (Wildman–Crippen MR) is 142 cm³/mol. The second-order valence-corrected chi connectivity index (χ2v) is 10.2. The molecule has 0 aromatic heterocycles. The molecule has 0 radical (unpaired) electrons. The monoisotopic (exact) mass is 564 g/mol. The average Bonchev–Trinajstić information content (AvgIpc) is 3.22. The van der Waals surface area contributed by atoms with E-state index in [1.165, 1.54) is 38.0 Å². The van der Waals surface area contributed by atoms with Gasteiger partial charge in [-0.15, -0.1) is 0 Å². The van der Waals surface area contributed by atoms with Gasteiger partial charge in [0.2, 0.25) is 0 Å². The van der Waals surface area contributed by atoms with Crippen LogP contribution in [0.2, 0.25) is 0 Å². The zero-order valence-corrected chi connectivity index (χ0v) is 22.5. The highest BCUT2D eigenvalue weighted by molar-refractivity contribution is 5.95. The van der Waals surface area contributed by atoms with Crippen molar-refractivity contribution in [2.45, 2.75) is 50.3 Å². The van der Waals surface area contributed by atoms with E-state index in [9.17, 15) is 18.0 Å². The molecule has 3 aliphatic rings. The van der Waals surface area contributed by atoms with Gasteiger partial charge < -0.3 is 29.1 Å². The number of hydrogen-bond donors (Lipinski definition) is 1. The van der Waals surface area contributed by atoms with E-state index >= 15 is 0 Å². The lowest BCUT2D eigenvalue weighted by molar-refractivity contribution is -0.192. The highest BCUT2D eigenvalue weighted by Gasteiger charge is 2.47. The predicted octanol–water partition coefficient (Wildman–Crippen LogP) is 5.25. The number of aliphatic carboxylic acids is 1. The Bertz CT molecular complexity index is 1160. The zero-order chi connectivity index (χ0) is 28.8. The number of benzene rings is 2. The largest absolute Gasteiger partial charge is 0.497 e. The molecule has 1 N–H and O–H groups in total. The summed E-state index contributed by atoms with van der Waals surface area (Å²) in [7, 11) is 1.61. The molecule has 0 unspecified atom stereocenters. The Balaban J connectivity index is 0.000000470. The molecule has 2 aromatic carbocycles. The van der Waals surface area contributed by atoms with Gasteiger partial charge in [0, 0.05) is 43.7 Å². The third kappa shape index (κ3) is 7.18. The summed E-state index contributed by atoms with van der Waals surface area (Å²) in [5.41, 5.74) is 2.32. The Kier molecular flexibility index (Phi) is 9.44. The normalized spacial score (nSPS) is 18.4. The van der Waals surface area contributed by atoms with Gasteiger partial charge in [0.25, 0.3) is 0 Å². The SMILES string of the molecule is COc1ccc2c(c1)C(=O)OC21CCN(c2ccc(OCCCN3CCCCC3)cc2)CC1.O=C(O)C(F)(F)F. The molecule has 0 aliphatic carbocycles. The Labute approximate surface area is 231 Å². The first-order chi connectivity index (χ1) is 19.1. The first-order valence-corrected chi connectivity index (χ1v) is 13.5. The number of esters is 1. The van der Waals surface area contributed by atoms with Crippen molar-refractivity contribution >= 4 is 17.6 Å². The van der Waals surface area contributed by atoms with Crippen molar-refractivity contribution < 1.29 is 42.1 Å². The first kappa shape index (κ1) is 29.5. The standard InChI is InChI=1S/C27H34N2O4.C2HF3O2/c1-31-23-10-11-25-24(20-23)26(30)33-27(25)12-17-29(18-13-27)21-6-8-22(9-7-21)32-19-5-16-28-14-3-2-4-15-28;3-2(4,5)1(6)7/h6-11,20H,2-5,12-19H2,1H3;(H,6,7). The van der Waals surface area contributed by atoms with E-state index in [2.05, 4.69) is 34.1 Å². The number of carboxylic acid groups (broad SMARTS) is 1. The van der Waals surface area contributed by atoms with Crippen molar-refractivity contribution in [3.63, 3.8) is 0 Å². The van der Waals surface area contributed by atoms with Crippen LogP contribution in [0.3, 0.4) is 0 Å². The molecule has 218 valence electrons. The van der Waals surface area contributed by atoms with Crippen LogP contribution in [0.1, 0.15) is 54.4 Å². The number of carbonyl (C=O) groups is 2. The van der Waals surface area contributed by atoms with E-state index in [4.69, 9.17) is 24.1 Å². The minimum atomic E-state index is -5.08. The van der Waals surface area contributed by atoms with Gasteiger partial charge in [-0.1, -0.05) is 12.5 Å². The number of methoxy groups -OCH3 is 1. The number of ether oxygens (including phenoxy) is 3. The second-order valence-electron chi connectivity index (χ2n) is 10.2. The fraction of sp³-hybridized carbons (Fsp3) is 0.517. The molecule has 5 rings (SSSR count). The molecule has 2 saturated heterocycles. The average molecular weight is 565 g/mol. The molecule has 40 heavy (non-hydrogen) atoms. The summed E-state index contributed by atoms with van der Waals surface area (Å²) in [5, 5.41) is 7.12. The number of carboxylic acids is 1. The first-order valence-electron chi connectivity index (χ1n) is 13.5. The van der Waals surface area contributed by atoms with E-state index in [0.717, 1.165) is 56.8 Å². The van der Waals surface area contributed by atoms with Crippen LogP contribution in [0.5, 0.6) is 11.5 Å². The molecule has 8 nitrogen and oxygen atoms in total. The molecule has 0 bridgehead atoms. The maximum atomic E-state index is 12.5. The number of hydrogen-bond acceptors (Lipinski definition) is 7. The molecule has 2 fully saturated rings. The highest BCUT2D eigenvalue weighted by Crippen LogP contribution is 2.45. The summed E-state index contributed by atoms with van der Waals surface area (Å²) in [6.07, 6.45) is 1.61. The quantitative estimate of drug-likeness (QED) is 0.361. The van der Waals surface area contributed by atoms with Crippen molar-refractivity contribution in [1.82, 2.24) is 4.90 Å². The number of carbonyl (C=O) groups excluding carboxylic acids is 1. The smallest absolute Gasteiger partial charge is 0.490 e. The number of anilines is 1. The molecule has 0 amide bonds. The van der Waals surface area contributed by atoms with Crippen LogP contribution in [0, 0.1) is 0 Å². The number of fused-ring (bicyclic) bond motifs is 2. The molecule has 0 saturated carbocycles. The van der Waals surface area contributed by atoms with Crippen molar-refractivity contribution in [3.05, 3.63) is 53.6 Å². The summed E-state index contributed by atoms with van der Waals surface area (Å²) in [5.74, 6) is -1.38. The lowest BCUT2D eigenvalue weighted by Crippen LogP contribution is -2.42. The number of nitrogens with zero attached hydrogens (tertiary/aromatic N) is 2. The minimum Gasteiger partial charge on any atom is -0.497 e. The van der Waals surface area contributed by atoms with Crippen LogP contribution >= 0.6 is 0 Å². The summed E-state index contributed by atoms with van der Waals surface area (Å²) in [4.78, 5) is 26.3. The van der Waals surface area contributed by atoms with Gasteiger partial charge >= 0.3 is 18.1 Å². The Hall–Kier alpha value is -3.47. The highest BCUT2D eigenvalue weighted by atomic mass is 19.4. The molecule has 11 heteroatoms. The van der Waals surface area contributed by atoms with Gasteiger partial charge in [0.05, 0.1) is 19.3 Å². The zero-order valence-electron chi connectivity index (χ0n) is 22.5. The van der Waals surface area contributed by atoms with E-state index in [1.807, 2.05) is 12.1 Å². The molecule has 2 aromatic rings. The van der Waals surface area contributed by atoms with E-state index in [1.54, 1.807) is 13.2 Å². The van der Waals surface area contributed by atoms with Crippen LogP contribution < -0.4 is 14.4 Å². The van der Waals surface area contributed by atoms with Crippen molar-refractivity contribution in [1.29, 1.82) is 0 Å². The molecular formula is C29H35F3N2O6. The van der Waals surface area contributed by atoms with Gasteiger partial charge in [-0.25, -0.2) is 9.59 Å². The number of alkyl halides is 3. The number of rotatable bonds is 7. The Morgan fingerprint density at radius 1 is 1.00 bits per heavy atom. The third-order valence-electron chi connectivity index (χ3n) is 7.58. The summed E-state index contributed by atoms with van der Waals surface area (Å²) in [6.45, 7) is 6.06. The maximum absolute atomic E-state index is 12.5. The second kappa shape index (κ2) is 12.8. The fourth-order valence-corrected chi connectivity index (χ4v) is 5.42. The van der Waals surface area contributed by atoms with E-state index < -0.39 is 17.7 Å². The lowest BCUT2D eigenvalue weighted by atomic mass is 9.83. The van der Waals surface area contributed by atoms with Gasteiger partial charge in [-0.05, 0) is 68.8 Å².